The van der Waals surface area contributed by atoms with Gasteiger partial charge in [0.25, 0.3) is 0 Å². The van der Waals surface area contributed by atoms with Gasteiger partial charge in [0.2, 0.25) is 0 Å². The minimum atomic E-state index is 0.451. The minimum Gasteiger partial charge on any atom is -0.327 e. The van der Waals surface area contributed by atoms with Crippen LogP contribution in [0.2, 0.25) is 0 Å². The molecule has 3 atom stereocenters. The molecule has 2 saturated heterocycles. The molecule has 3 unspecified atom stereocenters. The van der Waals surface area contributed by atoms with E-state index in [0.717, 1.165) is 23.9 Å². The fourth-order valence-corrected chi connectivity index (χ4v) is 3.99. The van der Waals surface area contributed by atoms with Gasteiger partial charge in [0.1, 0.15) is 0 Å². The summed E-state index contributed by atoms with van der Waals surface area (Å²) in [5, 5.41) is 0. The Hall–Kier alpha value is -0.0800. The van der Waals surface area contributed by atoms with E-state index in [1.54, 1.807) is 0 Å². The molecule has 0 radical (unpaired) electrons. The van der Waals surface area contributed by atoms with E-state index in [4.69, 9.17) is 5.73 Å². The van der Waals surface area contributed by atoms with E-state index in [1.165, 1.54) is 38.5 Å². The lowest BCUT2D eigenvalue weighted by Gasteiger charge is -2.40. The summed E-state index contributed by atoms with van der Waals surface area (Å²) >= 11 is 0. The normalized spacial score (nSPS) is 36.9. The summed E-state index contributed by atoms with van der Waals surface area (Å²) in [4.78, 5) is 2.61. The maximum Gasteiger partial charge on any atom is 0.00989 e. The van der Waals surface area contributed by atoms with Crippen LogP contribution in [0.15, 0.2) is 0 Å². The fourth-order valence-electron chi connectivity index (χ4n) is 3.99. The lowest BCUT2D eigenvalue weighted by molar-refractivity contribution is 0.105. The van der Waals surface area contributed by atoms with Gasteiger partial charge in [-0.3, -0.25) is 0 Å². The zero-order valence-corrected chi connectivity index (χ0v) is 11.2. The van der Waals surface area contributed by atoms with Crippen LogP contribution in [-0.4, -0.2) is 30.1 Å². The van der Waals surface area contributed by atoms with Gasteiger partial charge in [-0.25, -0.2) is 0 Å². The maximum atomic E-state index is 6.49. The van der Waals surface area contributed by atoms with Crippen molar-refractivity contribution in [1.29, 1.82) is 0 Å². The van der Waals surface area contributed by atoms with Crippen LogP contribution in [0.25, 0.3) is 0 Å². The van der Waals surface area contributed by atoms with Gasteiger partial charge < -0.3 is 10.6 Å². The highest BCUT2D eigenvalue weighted by Gasteiger charge is 2.41. The predicted octanol–water partition coefficient (Wildman–Crippen LogP) is 2.62. The number of nitrogens with zero attached hydrogens (tertiary/aromatic N) is 1. The van der Waals surface area contributed by atoms with E-state index in [0.29, 0.717) is 6.04 Å². The van der Waals surface area contributed by atoms with Gasteiger partial charge in [-0.15, -0.1) is 0 Å². The molecule has 2 bridgehead atoms. The third-order valence-corrected chi connectivity index (χ3v) is 5.27. The Balaban J connectivity index is 1.96. The second-order valence-electron chi connectivity index (χ2n) is 5.94. The Morgan fingerprint density at radius 2 is 1.62 bits per heavy atom. The number of fused-ring (bicyclic) bond motifs is 2. The molecule has 2 N–H and O–H groups in total. The van der Waals surface area contributed by atoms with Crippen LogP contribution < -0.4 is 5.73 Å². The van der Waals surface area contributed by atoms with Crippen LogP contribution in [0.3, 0.4) is 0 Å². The molecule has 0 amide bonds. The van der Waals surface area contributed by atoms with Crippen molar-refractivity contribution < 1.29 is 0 Å². The van der Waals surface area contributed by atoms with Crippen LogP contribution in [0.5, 0.6) is 0 Å². The van der Waals surface area contributed by atoms with E-state index >= 15 is 0 Å². The predicted molar refractivity (Wildman–Crippen MR) is 69.3 cm³/mol. The number of hydrogen-bond acceptors (Lipinski definition) is 2. The molecule has 0 aliphatic carbocycles. The molecule has 2 aliphatic rings. The van der Waals surface area contributed by atoms with Gasteiger partial charge in [0.15, 0.2) is 0 Å². The molecule has 2 nitrogen and oxygen atoms in total. The zero-order valence-electron chi connectivity index (χ0n) is 11.2. The van der Waals surface area contributed by atoms with Crippen molar-refractivity contribution in [1.82, 2.24) is 4.90 Å². The number of hydrogen-bond donors (Lipinski definition) is 1. The third kappa shape index (κ3) is 2.14. The van der Waals surface area contributed by atoms with Gasteiger partial charge in [0.05, 0.1) is 0 Å². The first-order valence-electron chi connectivity index (χ1n) is 7.14. The Kier molecular flexibility index (Phi) is 3.91. The molecule has 94 valence electrons. The van der Waals surface area contributed by atoms with Crippen molar-refractivity contribution in [2.24, 2.45) is 17.6 Å². The van der Waals surface area contributed by atoms with Crippen molar-refractivity contribution in [2.45, 2.75) is 70.5 Å². The fraction of sp³-hybridized carbons (Fsp3) is 1.00. The van der Waals surface area contributed by atoms with Crippen LogP contribution in [-0.2, 0) is 0 Å². The Labute approximate surface area is 101 Å². The molecule has 0 aromatic heterocycles. The van der Waals surface area contributed by atoms with E-state index in [-0.39, 0.29) is 0 Å². The summed E-state index contributed by atoms with van der Waals surface area (Å²) in [6.45, 7) is 4.58. The molecule has 2 aliphatic heterocycles. The number of piperidine rings is 1. The monoisotopic (exact) mass is 224 g/mol. The molecule has 2 fully saturated rings. The molecule has 2 rings (SSSR count). The third-order valence-electron chi connectivity index (χ3n) is 5.27. The van der Waals surface area contributed by atoms with Gasteiger partial charge in [0, 0.05) is 18.1 Å². The number of rotatable bonds is 4. The molecule has 16 heavy (non-hydrogen) atoms. The SMILES string of the molecule is CCC(CC)C(N)C1CC2CCC(C1)N2C. The van der Waals surface area contributed by atoms with E-state index in [9.17, 15) is 0 Å². The topological polar surface area (TPSA) is 29.3 Å². The second-order valence-corrected chi connectivity index (χ2v) is 5.94. The van der Waals surface area contributed by atoms with Crippen molar-refractivity contribution in [3.63, 3.8) is 0 Å². The van der Waals surface area contributed by atoms with Crippen molar-refractivity contribution in [2.75, 3.05) is 7.05 Å². The van der Waals surface area contributed by atoms with E-state index in [1.807, 2.05) is 0 Å². The molecular formula is C14H28N2. The van der Waals surface area contributed by atoms with Gasteiger partial charge in [-0.05, 0) is 44.6 Å². The van der Waals surface area contributed by atoms with Crippen LogP contribution >= 0.6 is 0 Å². The molecular weight excluding hydrogens is 196 g/mol. The summed E-state index contributed by atoms with van der Waals surface area (Å²) in [5.74, 6) is 1.53. The standard InChI is InChI=1S/C14H28N2/c1-4-10(5-2)14(15)11-8-12-6-7-13(9-11)16(12)3/h10-14H,4-9,15H2,1-3H3. The lowest BCUT2D eigenvalue weighted by Crippen LogP contribution is -2.47. The van der Waals surface area contributed by atoms with Crippen LogP contribution in [0, 0.1) is 11.8 Å². The maximum absolute atomic E-state index is 6.49. The highest BCUT2D eigenvalue weighted by atomic mass is 15.2. The van der Waals surface area contributed by atoms with Crippen molar-refractivity contribution in [3.05, 3.63) is 0 Å². The summed E-state index contributed by atoms with van der Waals surface area (Å²) in [7, 11) is 2.31. The zero-order chi connectivity index (χ0) is 11.7. The van der Waals surface area contributed by atoms with Gasteiger partial charge in [-0.2, -0.15) is 0 Å². The second kappa shape index (κ2) is 5.05. The first kappa shape index (κ1) is 12.4. The Morgan fingerprint density at radius 3 is 2.06 bits per heavy atom. The minimum absolute atomic E-state index is 0.451. The largest absolute Gasteiger partial charge is 0.327 e. The molecule has 0 saturated carbocycles. The average molecular weight is 224 g/mol. The summed E-state index contributed by atoms with van der Waals surface area (Å²) in [6, 6.07) is 2.13. The first-order valence-corrected chi connectivity index (χ1v) is 7.14. The first-order chi connectivity index (χ1) is 7.67. The molecule has 0 aromatic rings. The highest BCUT2D eigenvalue weighted by molar-refractivity contribution is 4.97. The quantitative estimate of drug-likeness (QED) is 0.795. The molecule has 2 heteroatoms. The Bertz CT molecular complexity index is 211. The molecule has 2 heterocycles. The van der Waals surface area contributed by atoms with E-state index < -0.39 is 0 Å². The van der Waals surface area contributed by atoms with Crippen LogP contribution in [0.1, 0.15) is 52.4 Å². The summed E-state index contributed by atoms with van der Waals surface area (Å²) < 4.78 is 0. The smallest absolute Gasteiger partial charge is 0.00989 e. The highest BCUT2D eigenvalue weighted by Crippen LogP contribution is 2.40. The van der Waals surface area contributed by atoms with E-state index in [2.05, 4.69) is 25.8 Å². The molecule has 0 spiro atoms. The Morgan fingerprint density at radius 1 is 1.12 bits per heavy atom. The lowest BCUT2D eigenvalue weighted by atomic mass is 9.78. The summed E-state index contributed by atoms with van der Waals surface area (Å²) in [5.41, 5.74) is 6.49. The van der Waals surface area contributed by atoms with Gasteiger partial charge >= 0.3 is 0 Å². The van der Waals surface area contributed by atoms with Crippen molar-refractivity contribution in [3.8, 4) is 0 Å². The number of nitrogens with two attached hydrogens (primary N) is 1. The molecule has 0 aromatic carbocycles. The van der Waals surface area contributed by atoms with Crippen molar-refractivity contribution >= 4 is 0 Å². The van der Waals surface area contributed by atoms with Gasteiger partial charge in [-0.1, -0.05) is 26.7 Å². The average Bonchev–Trinajstić information content (AvgIpc) is 2.54. The van der Waals surface area contributed by atoms with Crippen LogP contribution in [0.4, 0.5) is 0 Å². The summed E-state index contributed by atoms with van der Waals surface area (Å²) in [6.07, 6.45) is 8.02.